The molecule has 0 spiro atoms. The van der Waals surface area contributed by atoms with Gasteiger partial charge in [0.15, 0.2) is 5.69 Å². The second-order valence-electron chi connectivity index (χ2n) is 5.13. The first kappa shape index (κ1) is 16.0. The summed E-state index contributed by atoms with van der Waals surface area (Å²) < 4.78 is 6.29. The SMILES string of the molecule is CCOC(=O)C1CCCN(C(=O)Cn2ccc(C(=O)O)n2)C1. The minimum absolute atomic E-state index is 0.0389. The van der Waals surface area contributed by atoms with E-state index in [0.29, 0.717) is 26.1 Å². The van der Waals surface area contributed by atoms with Gasteiger partial charge < -0.3 is 14.7 Å². The third-order valence-corrected chi connectivity index (χ3v) is 3.55. The van der Waals surface area contributed by atoms with E-state index in [9.17, 15) is 14.4 Å². The van der Waals surface area contributed by atoms with Crippen molar-refractivity contribution in [3.8, 4) is 0 Å². The van der Waals surface area contributed by atoms with E-state index in [4.69, 9.17) is 9.84 Å². The fourth-order valence-electron chi connectivity index (χ4n) is 2.46. The van der Waals surface area contributed by atoms with Crippen molar-refractivity contribution in [3.63, 3.8) is 0 Å². The van der Waals surface area contributed by atoms with E-state index in [-0.39, 0.29) is 30.0 Å². The molecule has 0 bridgehead atoms. The summed E-state index contributed by atoms with van der Waals surface area (Å²) in [5.74, 6) is -1.88. The number of nitrogens with zero attached hydrogens (tertiary/aromatic N) is 3. The van der Waals surface area contributed by atoms with Crippen LogP contribution in [0.25, 0.3) is 0 Å². The molecule has 1 saturated heterocycles. The molecule has 8 heteroatoms. The standard InChI is InChI=1S/C14H19N3O5/c1-2-22-14(21)10-4-3-6-16(8-10)12(18)9-17-7-5-11(15-17)13(19)20/h5,7,10H,2-4,6,8-9H2,1H3,(H,19,20). The van der Waals surface area contributed by atoms with Crippen LogP contribution < -0.4 is 0 Å². The summed E-state index contributed by atoms with van der Waals surface area (Å²) in [6, 6.07) is 1.34. The Morgan fingerprint density at radius 1 is 1.45 bits per heavy atom. The quantitative estimate of drug-likeness (QED) is 0.789. The van der Waals surface area contributed by atoms with Gasteiger partial charge in [-0.05, 0) is 25.8 Å². The number of hydrogen-bond acceptors (Lipinski definition) is 5. The molecule has 2 rings (SSSR count). The summed E-state index contributed by atoms with van der Waals surface area (Å²) in [6.45, 7) is 2.96. The molecule has 0 aliphatic carbocycles. The molecule has 8 nitrogen and oxygen atoms in total. The zero-order valence-electron chi connectivity index (χ0n) is 12.4. The number of carboxylic acid groups (broad SMARTS) is 1. The van der Waals surface area contributed by atoms with E-state index in [1.54, 1.807) is 11.8 Å². The average Bonchev–Trinajstić information content (AvgIpc) is 2.96. The number of ether oxygens (including phenoxy) is 1. The molecule has 2 heterocycles. The van der Waals surface area contributed by atoms with Crippen LogP contribution >= 0.6 is 0 Å². The Morgan fingerprint density at radius 3 is 2.86 bits per heavy atom. The normalized spacial score (nSPS) is 18.0. The van der Waals surface area contributed by atoms with Crippen molar-refractivity contribution < 1.29 is 24.2 Å². The predicted octanol–water partition coefficient (Wildman–Crippen LogP) is 0.383. The summed E-state index contributed by atoms with van der Waals surface area (Å²) >= 11 is 0. The smallest absolute Gasteiger partial charge is 0.356 e. The Hall–Kier alpha value is -2.38. The van der Waals surface area contributed by atoms with Crippen LogP contribution in [0, 0.1) is 5.92 Å². The largest absolute Gasteiger partial charge is 0.476 e. The van der Waals surface area contributed by atoms with E-state index in [2.05, 4.69) is 5.10 Å². The molecule has 0 saturated carbocycles. The Morgan fingerprint density at radius 2 is 2.23 bits per heavy atom. The van der Waals surface area contributed by atoms with Crippen LogP contribution in [-0.4, -0.2) is 57.3 Å². The number of amides is 1. The average molecular weight is 309 g/mol. The number of aromatic carboxylic acids is 1. The van der Waals surface area contributed by atoms with E-state index in [1.165, 1.54) is 16.9 Å². The number of rotatable bonds is 5. The summed E-state index contributed by atoms with van der Waals surface area (Å²) in [7, 11) is 0. The first-order valence-corrected chi connectivity index (χ1v) is 7.22. The van der Waals surface area contributed by atoms with Crippen LogP contribution in [-0.2, 0) is 20.9 Å². The highest BCUT2D eigenvalue weighted by atomic mass is 16.5. The lowest BCUT2D eigenvalue weighted by atomic mass is 9.98. The molecule has 1 unspecified atom stereocenters. The Kier molecular flexibility index (Phi) is 5.13. The number of esters is 1. The van der Waals surface area contributed by atoms with Crippen LogP contribution in [0.3, 0.4) is 0 Å². The lowest BCUT2D eigenvalue weighted by molar-refractivity contribution is -0.151. The molecule has 0 radical (unpaired) electrons. The number of aromatic nitrogens is 2. The summed E-state index contributed by atoms with van der Waals surface area (Å²) in [6.07, 6.45) is 2.91. The topological polar surface area (TPSA) is 102 Å². The highest BCUT2D eigenvalue weighted by Crippen LogP contribution is 2.18. The van der Waals surface area contributed by atoms with Crippen LogP contribution in [0.15, 0.2) is 12.3 Å². The maximum Gasteiger partial charge on any atom is 0.356 e. The van der Waals surface area contributed by atoms with Gasteiger partial charge in [-0.2, -0.15) is 5.10 Å². The highest BCUT2D eigenvalue weighted by Gasteiger charge is 2.29. The lowest BCUT2D eigenvalue weighted by Crippen LogP contribution is -2.44. The summed E-state index contributed by atoms with van der Waals surface area (Å²) in [5.41, 5.74) is -0.101. The van der Waals surface area contributed by atoms with Gasteiger partial charge in [0.2, 0.25) is 5.91 Å². The molecule has 1 N–H and O–H groups in total. The molecule has 1 fully saturated rings. The van der Waals surface area contributed by atoms with Gasteiger partial charge in [-0.1, -0.05) is 0 Å². The Balaban J connectivity index is 1.93. The number of hydrogen-bond donors (Lipinski definition) is 1. The lowest BCUT2D eigenvalue weighted by Gasteiger charge is -2.31. The first-order valence-electron chi connectivity index (χ1n) is 7.22. The molecule has 1 aliphatic rings. The van der Waals surface area contributed by atoms with E-state index in [0.717, 1.165) is 6.42 Å². The summed E-state index contributed by atoms with van der Waals surface area (Å²) in [5, 5.41) is 12.6. The zero-order chi connectivity index (χ0) is 16.1. The highest BCUT2D eigenvalue weighted by molar-refractivity contribution is 5.85. The molecular weight excluding hydrogens is 290 g/mol. The molecule has 1 amide bonds. The number of carboxylic acids is 1. The van der Waals surface area contributed by atoms with Crippen molar-refractivity contribution in [1.29, 1.82) is 0 Å². The molecule has 1 aliphatic heterocycles. The maximum absolute atomic E-state index is 12.2. The van der Waals surface area contributed by atoms with Crippen molar-refractivity contribution in [1.82, 2.24) is 14.7 Å². The van der Waals surface area contributed by atoms with Crippen LogP contribution in [0.5, 0.6) is 0 Å². The second-order valence-corrected chi connectivity index (χ2v) is 5.13. The van der Waals surface area contributed by atoms with Gasteiger partial charge in [0.1, 0.15) is 6.54 Å². The third kappa shape index (κ3) is 3.84. The van der Waals surface area contributed by atoms with Crippen molar-refractivity contribution in [2.24, 2.45) is 5.92 Å². The van der Waals surface area contributed by atoms with Gasteiger partial charge in [0.25, 0.3) is 0 Å². The maximum atomic E-state index is 12.2. The molecule has 1 aromatic rings. The van der Waals surface area contributed by atoms with Crippen LogP contribution in [0.2, 0.25) is 0 Å². The number of piperidine rings is 1. The van der Waals surface area contributed by atoms with Crippen LogP contribution in [0.1, 0.15) is 30.3 Å². The number of carbonyl (C=O) groups excluding carboxylic acids is 2. The van der Waals surface area contributed by atoms with E-state index in [1.807, 2.05) is 0 Å². The molecule has 22 heavy (non-hydrogen) atoms. The van der Waals surface area contributed by atoms with Crippen molar-refractivity contribution in [2.75, 3.05) is 19.7 Å². The van der Waals surface area contributed by atoms with Crippen molar-refractivity contribution in [3.05, 3.63) is 18.0 Å². The zero-order valence-corrected chi connectivity index (χ0v) is 12.4. The Labute approximate surface area is 127 Å². The molecule has 0 aromatic carbocycles. The first-order chi connectivity index (χ1) is 10.5. The Bertz CT molecular complexity index is 569. The number of likely N-dealkylation sites (tertiary alicyclic amines) is 1. The molecular formula is C14H19N3O5. The van der Waals surface area contributed by atoms with Gasteiger partial charge in [-0.25, -0.2) is 4.79 Å². The van der Waals surface area contributed by atoms with Gasteiger partial charge in [0.05, 0.1) is 12.5 Å². The van der Waals surface area contributed by atoms with Crippen molar-refractivity contribution in [2.45, 2.75) is 26.3 Å². The fourth-order valence-corrected chi connectivity index (χ4v) is 2.46. The molecule has 1 aromatic heterocycles. The predicted molar refractivity (Wildman–Crippen MR) is 75.1 cm³/mol. The van der Waals surface area contributed by atoms with Crippen LogP contribution in [0.4, 0.5) is 0 Å². The second kappa shape index (κ2) is 7.06. The van der Waals surface area contributed by atoms with E-state index < -0.39 is 5.97 Å². The van der Waals surface area contributed by atoms with Gasteiger partial charge >= 0.3 is 11.9 Å². The molecule has 1 atom stereocenters. The monoisotopic (exact) mass is 309 g/mol. The molecule has 120 valence electrons. The van der Waals surface area contributed by atoms with E-state index >= 15 is 0 Å². The van der Waals surface area contributed by atoms with Gasteiger partial charge in [-0.3, -0.25) is 14.3 Å². The third-order valence-electron chi connectivity index (χ3n) is 3.55. The van der Waals surface area contributed by atoms with Crippen molar-refractivity contribution >= 4 is 17.8 Å². The number of carbonyl (C=O) groups is 3. The summed E-state index contributed by atoms with van der Waals surface area (Å²) in [4.78, 5) is 36.4. The minimum Gasteiger partial charge on any atom is -0.476 e. The fraction of sp³-hybridized carbons (Fsp3) is 0.571. The van der Waals surface area contributed by atoms with Gasteiger partial charge in [-0.15, -0.1) is 0 Å². The minimum atomic E-state index is -1.13. The van der Waals surface area contributed by atoms with Gasteiger partial charge in [0, 0.05) is 19.3 Å².